The smallest absolute Gasteiger partial charge is 0.194 e. The Balaban J connectivity index is 2.75. The van der Waals surface area contributed by atoms with Crippen LogP contribution in [0, 0.1) is 5.82 Å². The third kappa shape index (κ3) is 2.85. The highest BCUT2D eigenvalue weighted by Gasteiger charge is 2.09. The molecule has 0 bridgehead atoms. The maximum atomic E-state index is 13.0. The van der Waals surface area contributed by atoms with Gasteiger partial charge in [0.1, 0.15) is 0 Å². The summed E-state index contributed by atoms with van der Waals surface area (Å²) in [7, 11) is 0. The molecule has 5 heteroatoms. The molecule has 0 heterocycles. The Morgan fingerprint density at radius 3 is 2.86 bits per heavy atom. The highest BCUT2D eigenvalue weighted by molar-refractivity contribution is 9.10. The van der Waals surface area contributed by atoms with Gasteiger partial charge in [0.25, 0.3) is 0 Å². The van der Waals surface area contributed by atoms with Gasteiger partial charge in [-0.1, -0.05) is 15.9 Å². The molecule has 0 saturated heterocycles. The van der Waals surface area contributed by atoms with E-state index in [1.807, 2.05) is 0 Å². The molecule has 3 N–H and O–H groups in total. The van der Waals surface area contributed by atoms with E-state index in [0.29, 0.717) is 24.0 Å². The van der Waals surface area contributed by atoms with E-state index in [4.69, 9.17) is 10.5 Å². The van der Waals surface area contributed by atoms with Crippen molar-refractivity contribution in [2.75, 3.05) is 13.2 Å². The minimum atomic E-state index is -0.706. The Bertz CT molecular complexity index is 320. The summed E-state index contributed by atoms with van der Waals surface area (Å²) >= 11 is 3.10. The number of nitrogens with two attached hydrogens (primary N) is 1. The SMILES string of the molecule is NCCCOc1cc(Br)cc(F)c1O. The maximum absolute atomic E-state index is 13.0. The van der Waals surface area contributed by atoms with Crippen molar-refractivity contribution in [3.63, 3.8) is 0 Å². The van der Waals surface area contributed by atoms with Crippen molar-refractivity contribution >= 4 is 15.9 Å². The first-order chi connectivity index (χ1) is 6.65. The number of hydrogen-bond donors (Lipinski definition) is 2. The van der Waals surface area contributed by atoms with Crippen LogP contribution in [0.25, 0.3) is 0 Å². The van der Waals surface area contributed by atoms with Gasteiger partial charge in [-0.15, -0.1) is 0 Å². The number of halogens is 2. The van der Waals surface area contributed by atoms with Crippen LogP contribution >= 0.6 is 15.9 Å². The molecule has 1 aromatic rings. The number of phenols is 1. The zero-order valence-electron chi connectivity index (χ0n) is 7.46. The fraction of sp³-hybridized carbons (Fsp3) is 0.333. The number of aromatic hydroxyl groups is 1. The molecule has 0 amide bonds. The molecular formula is C9H11BrFNO2. The number of ether oxygens (including phenoxy) is 1. The number of rotatable bonds is 4. The predicted molar refractivity (Wildman–Crippen MR) is 54.9 cm³/mol. The maximum Gasteiger partial charge on any atom is 0.194 e. The van der Waals surface area contributed by atoms with Crippen molar-refractivity contribution in [2.45, 2.75) is 6.42 Å². The summed E-state index contributed by atoms with van der Waals surface area (Å²) in [4.78, 5) is 0. The van der Waals surface area contributed by atoms with Crippen molar-refractivity contribution in [2.24, 2.45) is 5.73 Å². The largest absolute Gasteiger partial charge is 0.502 e. The Morgan fingerprint density at radius 1 is 1.50 bits per heavy atom. The lowest BCUT2D eigenvalue weighted by Crippen LogP contribution is -2.06. The van der Waals surface area contributed by atoms with Gasteiger partial charge >= 0.3 is 0 Å². The van der Waals surface area contributed by atoms with E-state index in [0.717, 1.165) is 0 Å². The van der Waals surface area contributed by atoms with Gasteiger partial charge in [-0.25, -0.2) is 4.39 Å². The molecule has 0 atom stereocenters. The molecule has 0 aromatic heterocycles. The third-order valence-corrected chi connectivity index (χ3v) is 2.06. The highest BCUT2D eigenvalue weighted by atomic mass is 79.9. The van der Waals surface area contributed by atoms with Crippen LogP contribution < -0.4 is 10.5 Å². The quantitative estimate of drug-likeness (QED) is 0.818. The zero-order valence-corrected chi connectivity index (χ0v) is 9.05. The van der Waals surface area contributed by atoms with E-state index in [1.54, 1.807) is 0 Å². The average molecular weight is 264 g/mol. The van der Waals surface area contributed by atoms with Gasteiger partial charge in [0, 0.05) is 4.47 Å². The third-order valence-electron chi connectivity index (χ3n) is 1.60. The van der Waals surface area contributed by atoms with Crippen molar-refractivity contribution in [1.29, 1.82) is 0 Å². The Labute approximate surface area is 89.8 Å². The summed E-state index contributed by atoms with van der Waals surface area (Å²) in [5, 5.41) is 9.27. The topological polar surface area (TPSA) is 55.5 Å². The van der Waals surface area contributed by atoms with Crippen LogP contribution in [0.5, 0.6) is 11.5 Å². The molecule has 14 heavy (non-hydrogen) atoms. The first kappa shape index (κ1) is 11.3. The van der Waals surface area contributed by atoms with Crippen LogP contribution in [0.15, 0.2) is 16.6 Å². The van der Waals surface area contributed by atoms with Crippen LogP contribution in [0.4, 0.5) is 4.39 Å². The van der Waals surface area contributed by atoms with E-state index >= 15 is 0 Å². The molecular weight excluding hydrogens is 253 g/mol. The van der Waals surface area contributed by atoms with Crippen LogP contribution in [0.2, 0.25) is 0 Å². The molecule has 0 aliphatic rings. The Hall–Kier alpha value is -0.810. The van der Waals surface area contributed by atoms with Gasteiger partial charge < -0.3 is 15.6 Å². The van der Waals surface area contributed by atoms with E-state index in [9.17, 15) is 9.50 Å². The van der Waals surface area contributed by atoms with Crippen molar-refractivity contribution in [3.05, 3.63) is 22.4 Å². The van der Waals surface area contributed by atoms with Gasteiger partial charge in [0.15, 0.2) is 17.3 Å². The molecule has 1 aromatic carbocycles. The predicted octanol–water partition coefficient (Wildman–Crippen LogP) is 2.02. The molecule has 0 unspecified atom stereocenters. The summed E-state index contributed by atoms with van der Waals surface area (Å²) in [6.07, 6.45) is 0.660. The molecule has 0 aliphatic carbocycles. The van der Waals surface area contributed by atoms with Crippen molar-refractivity contribution in [1.82, 2.24) is 0 Å². The number of benzene rings is 1. The lowest BCUT2D eigenvalue weighted by atomic mass is 10.3. The monoisotopic (exact) mass is 263 g/mol. The molecule has 0 aliphatic heterocycles. The Kier molecular flexibility index (Phi) is 4.16. The average Bonchev–Trinajstić information content (AvgIpc) is 2.13. The zero-order chi connectivity index (χ0) is 10.6. The van der Waals surface area contributed by atoms with Crippen LogP contribution in [-0.4, -0.2) is 18.3 Å². The second-order valence-electron chi connectivity index (χ2n) is 2.73. The normalized spacial score (nSPS) is 10.2. The minimum Gasteiger partial charge on any atom is -0.502 e. The highest BCUT2D eigenvalue weighted by Crippen LogP contribution is 2.32. The molecule has 0 radical (unpaired) electrons. The second-order valence-corrected chi connectivity index (χ2v) is 3.64. The van der Waals surface area contributed by atoms with Crippen LogP contribution in [-0.2, 0) is 0 Å². The van der Waals surface area contributed by atoms with Gasteiger partial charge in [-0.05, 0) is 25.1 Å². The molecule has 1 rings (SSSR count). The fourth-order valence-electron chi connectivity index (χ4n) is 0.918. The van der Waals surface area contributed by atoms with Crippen LogP contribution in [0.1, 0.15) is 6.42 Å². The van der Waals surface area contributed by atoms with Crippen molar-refractivity contribution in [3.8, 4) is 11.5 Å². The molecule has 0 fully saturated rings. The summed E-state index contributed by atoms with van der Waals surface area (Å²) in [6, 6.07) is 2.68. The standard InChI is InChI=1S/C9H11BrFNO2/c10-6-4-7(11)9(13)8(5-6)14-3-1-2-12/h4-5,13H,1-3,12H2. The number of hydrogen-bond acceptors (Lipinski definition) is 3. The summed E-state index contributed by atoms with van der Waals surface area (Å²) in [5.74, 6) is -1.04. The number of phenolic OH excluding ortho intramolecular Hbond substituents is 1. The first-order valence-corrected chi connectivity index (χ1v) is 4.95. The van der Waals surface area contributed by atoms with Crippen LogP contribution in [0.3, 0.4) is 0 Å². The molecule has 0 spiro atoms. The van der Waals surface area contributed by atoms with E-state index in [1.165, 1.54) is 12.1 Å². The van der Waals surface area contributed by atoms with E-state index in [2.05, 4.69) is 15.9 Å². The summed E-state index contributed by atoms with van der Waals surface area (Å²) < 4.78 is 18.6. The Morgan fingerprint density at radius 2 is 2.21 bits per heavy atom. The second kappa shape index (κ2) is 5.17. The lowest BCUT2D eigenvalue weighted by molar-refractivity contribution is 0.290. The molecule has 0 saturated carbocycles. The summed E-state index contributed by atoms with van der Waals surface area (Å²) in [5.41, 5.74) is 5.26. The van der Waals surface area contributed by atoms with Gasteiger partial charge in [0.2, 0.25) is 0 Å². The van der Waals surface area contributed by atoms with Gasteiger partial charge in [-0.3, -0.25) is 0 Å². The van der Waals surface area contributed by atoms with Gasteiger partial charge in [-0.2, -0.15) is 0 Å². The fourth-order valence-corrected chi connectivity index (χ4v) is 1.33. The first-order valence-electron chi connectivity index (χ1n) is 4.16. The van der Waals surface area contributed by atoms with Gasteiger partial charge in [0.05, 0.1) is 6.61 Å². The minimum absolute atomic E-state index is 0.130. The molecule has 3 nitrogen and oxygen atoms in total. The van der Waals surface area contributed by atoms with E-state index in [-0.39, 0.29) is 5.75 Å². The molecule has 78 valence electrons. The van der Waals surface area contributed by atoms with E-state index < -0.39 is 11.6 Å². The summed E-state index contributed by atoms with van der Waals surface area (Å²) in [6.45, 7) is 0.858. The lowest BCUT2D eigenvalue weighted by Gasteiger charge is -2.08. The van der Waals surface area contributed by atoms with Crippen molar-refractivity contribution < 1.29 is 14.2 Å².